The second kappa shape index (κ2) is 12.7. The van der Waals surface area contributed by atoms with Gasteiger partial charge in [0.25, 0.3) is 0 Å². The first-order chi connectivity index (χ1) is 24.6. The van der Waals surface area contributed by atoms with E-state index in [9.17, 15) is 0 Å². The Bertz CT molecular complexity index is 2510. The Kier molecular flexibility index (Phi) is 8.15. The lowest BCUT2D eigenvalue weighted by molar-refractivity contribution is 0.586. The Balaban J connectivity index is 1.74. The maximum Gasteiger partial charge on any atom is -0.00165 e. The molecule has 2 aliphatic carbocycles. The number of allylic oxidation sites excluding steroid dienone is 4. The van der Waals surface area contributed by atoms with Crippen LogP contribution in [-0.2, 0) is 10.8 Å². The van der Waals surface area contributed by atoms with Gasteiger partial charge in [0.1, 0.15) is 0 Å². The highest BCUT2D eigenvalue weighted by Gasteiger charge is 2.31. The normalized spacial score (nSPS) is 13.4. The number of hydrogen-bond acceptors (Lipinski definition) is 0. The Hall–Kier alpha value is -5.46. The first kappa shape index (κ1) is 32.7. The highest BCUT2D eigenvalue weighted by Crippen LogP contribution is 2.43. The van der Waals surface area contributed by atoms with Crippen molar-refractivity contribution in [1.29, 1.82) is 0 Å². The van der Waals surface area contributed by atoms with Crippen LogP contribution in [0.25, 0.3) is 39.5 Å². The van der Waals surface area contributed by atoms with Crippen LogP contribution in [0, 0.1) is 10.4 Å². The van der Waals surface area contributed by atoms with Gasteiger partial charge in [0.05, 0.1) is 0 Å². The van der Waals surface area contributed by atoms with Gasteiger partial charge in [-0.2, -0.15) is 0 Å². The van der Waals surface area contributed by atoms with Gasteiger partial charge in [-0.3, -0.25) is 0 Å². The highest BCUT2D eigenvalue weighted by atomic mass is 14.3. The number of fused-ring (bicyclic) bond motifs is 2. The summed E-state index contributed by atoms with van der Waals surface area (Å²) in [5.74, 6) is 0. The maximum atomic E-state index is 2.54. The van der Waals surface area contributed by atoms with E-state index >= 15 is 0 Å². The predicted octanol–water partition coefficient (Wildman–Crippen LogP) is 11.6. The molecule has 0 fully saturated rings. The standard InChI is InChI=1S/C51H46/c1-50(2,3)43-33-41-39(31-40(43)34-21-11-7-12-22-34)32-42-45(37-29-19-20-30-37)46(38-27-17-10-18-28-38)49(51(4,5)6)48(47(41)42)44(35-23-13-8-14-24-35)36-25-15-9-16-26-36/h7-29,31-33H,30H2,1-6H3. The molecule has 0 unspecified atom stereocenters. The second-order valence-corrected chi connectivity index (χ2v) is 16.1. The summed E-state index contributed by atoms with van der Waals surface area (Å²) in [5, 5.41) is 5.31. The Morgan fingerprint density at radius 3 is 1.63 bits per heavy atom. The molecular formula is C51H46. The van der Waals surface area contributed by atoms with Gasteiger partial charge in [0, 0.05) is 0 Å². The van der Waals surface area contributed by atoms with Crippen LogP contribution in [0.4, 0.5) is 0 Å². The molecule has 8 rings (SSSR count). The molecule has 0 heteroatoms. The molecule has 6 aromatic carbocycles. The average Bonchev–Trinajstić information content (AvgIpc) is 3.80. The molecule has 6 aromatic rings. The lowest BCUT2D eigenvalue weighted by Gasteiger charge is -2.30. The molecular weight excluding hydrogens is 613 g/mol. The molecule has 0 saturated heterocycles. The van der Waals surface area contributed by atoms with Crippen LogP contribution in [0.1, 0.15) is 81.3 Å². The zero-order valence-corrected chi connectivity index (χ0v) is 30.7. The van der Waals surface area contributed by atoms with E-state index < -0.39 is 0 Å². The van der Waals surface area contributed by atoms with Crippen molar-refractivity contribution in [2.75, 3.05) is 0 Å². The summed E-state index contributed by atoms with van der Waals surface area (Å²) < 4.78 is 0. The predicted molar refractivity (Wildman–Crippen MR) is 218 cm³/mol. The lowest BCUT2D eigenvalue weighted by atomic mass is 9.73. The van der Waals surface area contributed by atoms with E-state index in [4.69, 9.17) is 0 Å². The SMILES string of the molecule is CC(C)(C)c1cc2c(cc1-c1ccccc1)=Cc1c(C3=CC=CC3)c(-c3ccccc3)c(C(C)(C)C)c(=C(c3ccccc3)c3ccccc3)c1=2. The van der Waals surface area contributed by atoms with Crippen molar-refractivity contribution in [2.45, 2.75) is 58.8 Å². The van der Waals surface area contributed by atoms with Crippen LogP contribution >= 0.6 is 0 Å². The molecule has 0 atom stereocenters. The Labute approximate surface area is 303 Å². The summed E-state index contributed by atoms with van der Waals surface area (Å²) >= 11 is 0. The van der Waals surface area contributed by atoms with Crippen molar-refractivity contribution in [3.8, 4) is 22.3 Å². The molecule has 0 radical (unpaired) electrons. The van der Waals surface area contributed by atoms with E-state index in [1.165, 1.54) is 87.7 Å². The molecule has 0 amide bonds. The van der Waals surface area contributed by atoms with Gasteiger partial charge >= 0.3 is 0 Å². The van der Waals surface area contributed by atoms with Crippen LogP contribution < -0.4 is 10.4 Å². The number of benzene rings is 6. The monoisotopic (exact) mass is 658 g/mol. The number of rotatable bonds is 5. The first-order valence-electron chi connectivity index (χ1n) is 18.3. The van der Waals surface area contributed by atoms with Crippen molar-refractivity contribution >= 4 is 17.2 Å². The molecule has 0 aliphatic heterocycles. The summed E-state index contributed by atoms with van der Waals surface area (Å²) in [6.45, 7) is 14.3. The molecule has 0 N–H and O–H groups in total. The zero-order valence-electron chi connectivity index (χ0n) is 30.7. The van der Waals surface area contributed by atoms with Gasteiger partial charge in [0.2, 0.25) is 0 Å². The molecule has 0 spiro atoms. The van der Waals surface area contributed by atoms with E-state index in [2.05, 4.69) is 199 Å². The first-order valence-corrected chi connectivity index (χ1v) is 18.3. The third-order valence-corrected chi connectivity index (χ3v) is 10.5. The third kappa shape index (κ3) is 5.83. The minimum atomic E-state index is -0.189. The summed E-state index contributed by atoms with van der Waals surface area (Å²) in [7, 11) is 0. The summed E-state index contributed by atoms with van der Waals surface area (Å²) in [6, 6.07) is 49.2. The van der Waals surface area contributed by atoms with Crippen molar-refractivity contribution in [1.82, 2.24) is 0 Å². The van der Waals surface area contributed by atoms with E-state index in [0.29, 0.717) is 0 Å². The molecule has 0 aromatic heterocycles. The second-order valence-electron chi connectivity index (χ2n) is 16.1. The van der Waals surface area contributed by atoms with E-state index in [0.717, 1.165) is 6.42 Å². The molecule has 0 saturated carbocycles. The van der Waals surface area contributed by atoms with Crippen molar-refractivity contribution < 1.29 is 0 Å². The van der Waals surface area contributed by atoms with E-state index in [-0.39, 0.29) is 10.8 Å². The topological polar surface area (TPSA) is 0 Å². The van der Waals surface area contributed by atoms with Crippen molar-refractivity contribution in [3.63, 3.8) is 0 Å². The van der Waals surface area contributed by atoms with Crippen LogP contribution in [0.5, 0.6) is 0 Å². The largest absolute Gasteiger partial charge is 0.0801 e. The highest BCUT2D eigenvalue weighted by molar-refractivity contribution is 5.94. The lowest BCUT2D eigenvalue weighted by Crippen LogP contribution is -2.30. The fourth-order valence-corrected chi connectivity index (χ4v) is 8.30. The minimum Gasteiger partial charge on any atom is -0.0801 e. The minimum absolute atomic E-state index is 0.0634. The molecule has 51 heavy (non-hydrogen) atoms. The van der Waals surface area contributed by atoms with Crippen LogP contribution in [0.2, 0.25) is 0 Å². The third-order valence-electron chi connectivity index (χ3n) is 10.5. The summed E-state index contributed by atoms with van der Waals surface area (Å²) in [5.41, 5.74) is 15.5. The summed E-state index contributed by atoms with van der Waals surface area (Å²) in [4.78, 5) is 0. The van der Waals surface area contributed by atoms with E-state index in [1.807, 2.05) is 0 Å². The molecule has 2 aliphatic rings. The summed E-state index contributed by atoms with van der Waals surface area (Å²) in [6.07, 6.45) is 10.3. The van der Waals surface area contributed by atoms with Gasteiger partial charge in [0.15, 0.2) is 0 Å². The van der Waals surface area contributed by atoms with Crippen LogP contribution in [-0.4, -0.2) is 0 Å². The smallest absolute Gasteiger partial charge is 0.00165 e. The van der Waals surface area contributed by atoms with Gasteiger partial charge in [-0.05, 0) is 123 Å². The number of hydrogen-bond donors (Lipinski definition) is 0. The molecule has 0 bridgehead atoms. The quantitative estimate of drug-likeness (QED) is 0.173. The van der Waals surface area contributed by atoms with Gasteiger partial charge in [-0.1, -0.05) is 181 Å². The van der Waals surface area contributed by atoms with Crippen molar-refractivity contribution in [3.05, 3.63) is 206 Å². The fraction of sp³-hybridized carbons (Fsp3) is 0.176. The van der Waals surface area contributed by atoms with Crippen LogP contribution in [0.15, 0.2) is 152 Å². The molecule has 0 heterocycles. The Morgan fingerprint density at radius 2 is 1.12 bits per heavy atom. The molecule has 250 valence electrons. The molecule has 0 nitrogen and oxygen atoms in total. The van der Waals surface area contributed by atoms with E-state index in [1.54, 1.807) is 0 Å². The fourth-order valence-electron chi connectivity index (χ4n) is 8.30. The maximum absolute atomic E-state index is 2.54. The van der Waals surface area contributed by atoms with Gasteiger partial charge in [-0.25, -0.2) is 0 Å². The van der Waals surface area contributed by atoms with Gasteiger partial charge in [-0.15, -0.1) is 0 Å². The van der Waals surface area contributed by atoms with Crippen LogP contribution in [0.3, 0.4) is 0 Å². The van der Waals surface area contributed by atoms with Crippen molar-refractivity contribution in [2.24, 2.45) is 0 Å². The Morgan fingerprint density at radius 1 is 0.569 bits per heavy atom. The average molecular weight is 659 g/mol. The zero-order chi connectivity index (χ0) is 35.3. The van der Waals surface area contributed by atoms with Gasteiger partial charge < -0.3 is 0 Å².